The molecular formula is C8H6FIN2. The topological polar surface area (TPSA) is 28.7 Å². The number of rotatable bonds is 1. The number of halogens is 2. The van der Waals surface area contributed by atoms with Crippen LogP contribution in [0, 0.1) is 3.57 Å². The van der Waals surface area contributed by atoms with Crippen molar-refractivity contribution in [2.24, 2.45) is 0 Å². The van der Waals surface area contributed by atoms with E-state index in [-0.39, 0.29) is 0 Å². The van der Waals surface area contributed by atoms with Gasteiger partial charge < -0.3 is 4.98 Å². The van der Waals surface area contributed by atoms with Crippen LogP contribution >= 0.6 is 22.6 Å². The largest absolute Gasteiger partial charge is 0.360 e. The number of alkyl halides is 1. The number of H-pyrrole nitrogens is 1. The molecule has 0 aliphatic carbocycles. The maximum absolute atomic E-state index is 12.4. The third-order valence-corrected chi connectivity index (χ3v) is 2.60. The van der Waals surface area contributed by atoms with E-state index in [4.69, 9.17) is 0 Å². The summed E-state index contributed by atoms with van der Waals surface area (Å²) in [5.41, 5.74) is 1.46. The molecule has 2 nitrogen and oxygen atoms in total. The van der Waals surface area contributed by atoms with Crippen molar-refractivity contribution in [3.05, 3.63) is 27.7 Å². The first-order valence-electron chi connectivity index (χ1n) is 3.49. The van der Waals surface area contributed by atoms with E-state index in [1.807, 2.05) is 12.3 Å². The molecule has 0 aliphatic heterocycles. The summed E-state index contributed by atoms with van der Waals surface area (Å²) in [5, 5.41) is 0.903. The predicted molar refractivity (Wildman–Crippen MR) is 53.6 cm³/mol. The lowest BCUT2D eigenvalue weighted by molar-refractivity contribution is 0.479. The highest BCUT2D eigenvalue weighted by Gasteiger charge is 2.06. The molecule has 0 spiro atoms. The van der Waals surface area contributed by atoms with E-state index < -0.39 is 6.67 Å². The third-order valence-electron chi connectivity index (χ3n) is 1.75. The molecule has 2 aromatic heterocycles. The second-order valence-corrected chi connectivity index (χ2v) is 3.61. The van der Waals surface area contributed by atoms with E-state index >= 15 is 0 Å². The Balaban J connectivity index is 2.84. The van der Waals surface area contributed by atoms with E-state index in [1.165, 1.54) is 0 Å². The standard InChI is InChI=1S/C8H6FIN2/c9-3-7-8-5(10)4-12-6(8)1-2-11-7/h1-2,4,12H,3H2. The molecule has 0 saturated heterocycles. The van der Waals surface area contributed by atoms with Gasteiger partial charge in [0.15, 0.2) is 0 Å². The molecule has 2 aromatic rings. The summed E-state index contributed by atoms with van der Waals surface area (Å²) in [6.45, 7) is -0.509. The molecule has 12 heavy (non-hydrogen) atoms. The molecule has 0 fully saturated rings. The Morgan fingerprint density at radius 1 is 1.58 bits per heavy atom. The van der Waals surface area contributed by atoms with Crippen molar-refractivity contribution < 1.29 is 4.39 Å². The Kier molecular flexibility index (Phi) is 2.00. The Morgan fingerprint density at radius 3 is 3.17 bits per heavy atom. The van der Waals surface area contributed by atoms with Gasteiger partial charge in [-0.25, -0.2) is 4.39 Å². The van der Waals surface area contributed by atoms with Gasteiger partial charge in [0.25, 0.3) is 0 Å². The summed E-state index contributed by atoms with van der Waals surface area (Å²) in [6, 6.07) is 1.84. The van der Waals surface area contributed by atoms with Gasteiger partial charge in [0, 0.05) is 26.9 Å². The van der Waals surface area contributed by atoms with Gasteiger partial charge in [-0.2, -0.15) is 0 Å². The number of aromatic amines is 1. The van der Waals surface area contributed by atoms with Gasteiger partial charge in [0.05, 0.1) is 5.69 Å². The van der Waals surface area contributed by atoms with Crippen molar-refractivity contribution in [2.45, 2.75) is 6.67 Å². The quantitative estimate of drug-likeness (QED) is 0.797. The molecule has 1 N–H and O–H groups in total. The van der Waals surface area contributed by atoms with Gasteiger partial charge in [-0.05, 0) is 28.7 Å². The van der Waals surface area contributed by atoms with Crippen LogP contribution in [0.5, 0.6) is 0 Å². The molecule has 0 amide bonds. The van der Waals surface area contributed by atoms with Crippen molar-refractivity contribution in [3.8, 4) is 0 Å². The number of nitrogens with zero attached hydrogens (tertiary/aromatic N) is 1. The van der Waals surface area contributed by atoms with Crippen molar-refractivity contribution in [1.29, 1.82) is 0 Å². The zero-order valence-corrected chi connectivity index (χ0v) is 8.30. The average molecular weight is 276 g/mol. The van der Waals surface area contributed by atoms with Gasteiger partial charge in [-0.1, -0.05) is 0 Å². The summed E-state index contributed by atoms with van der Waals surface area (Å²) < 4.78 is 13.5. The molecule has 0 bridgehead atoms. The van der Waals surface area contributed by atoms with E-state index in [0.29, 0.717) is 5.69 Å². The predicted octanol–water partition coefficient (Wildman–Crippen LogP) is 2.64. The Labute approximate surface area is 82.3 Å². The first-order valence-corrected chi connectivity index (χ1v) is 4.57. The zero-order valence-electron chi connectivity index (χ0n) is 6.14. The van der Waals surface area contributed by atoms with Crippen molar-refractivity contribution >= 4 is 33.5 Å². The molecular weight excluding hydrogens is 270 g/mol. The van der Waals surface area contributed by atoms with E-state index in [1.54, 1.807) is 6.20 Å². The minimum atomic E-state index is -0.509. The van der Waals surface area contributed by atoms with Crippen LogP contribution in [0.15, 0.2) is 18.5 Å². The molecule has 0 aromatic carbocycles. The van der Waals surface area contributed by atoms with Crippen LogP contribution < -0.4 is 0 Å². The summed E-state index contributed by atoms with van der Waals surface area (Å²) >= 11 is 2.16. The van der Waals surface area contributed by atoms with Crippen LogP contribution in [0.4, 0.5) is 4.39 Å². The monoisotopic (exact) mass is 276 g/mol. The van der Waals surface area contributed by atoms with Crippen LogP contribution in [0.3, 0.4) is 0 Å². The summed E-state index contributed by atoms with van der Waals surface area (Å²) in [5.74, 6) is 0. The van der Waals surface area contributed by atoms with Crippen LogP contribution in [-0.4, -0.2) is 9.97 Å². The second-order valence-electron chi connectivity index (χ2n) is 2.45. The lowest BCUT2D eigenvalue weighted by Crippen LogP contribution is -1.86. The van der Waals surface area contributed by atoms with Crippen LogP contribution in [0.25, 0.3) is 10.9 Å². The Bertz CT molecular complexity index is 410. The fraction of sp³-hybridized carbons (Fsp3) is 0.125. The highest BCUT2D eigenvalue weighted by atomic mass is 127. The summed E-state index contributed by atoms with van der Waals surface area (Å²) in [7, 11) is 0. The SMILES string of the molecule is FCc1nccc2[nH]cc(I)c12. The number of hydrogen-bond acceptors (Lipinski definition) is 1. The highest BCUT2D eigenvalue weighted by molar-refractivity contribution is 14.1. The number of aromatic nitrogens is 2. The van der Waals surface area contributed by atoms with Crippen molar-refractivity contribution in [2.75, 3.05) is 0 Å². The van der Waals surface area contributed by atoms with Crippen molar-refractivity contribution in [3.63, 3.8) is 0 Å². The van der Waals surface area contributed by atoms with E-state index in [0.717, 1.165) is 14.5 Å². The molecule has 0 aliphatic rings. The first-order chi connectivity index (χ1) is 5.83. The Hall–Kier alpha value is -0.650. The summed E-state index contributed by atoms with van der Waals surface area (Å²) in [6.07, 6.45) is 3.47. The average Bonchev–Trinajstić information content (AvgIpc) is 2.48. The van der Waals surface area contributed by atoms with E-state index in [9.17, 15) is 4.39 Å². The maximum Gasteiger partial charge on any atom is 0.132 e. The normalized spacial score (nSPS) is 10.8. The highest BCUT2D eigenvalue weighted by Crippen LogP contribution is 2.22. The summed E-state index contributed by atoms with van der Waals surface area (Å²) in [4.78, 5) is 7.01. The minimum absolute atomic E-state index is 0.509. The molecule has 0 atom stereocenters. The van der Waals surface area contributed by atoms with Crippen LogP contribution in [-0.2, 0) is 6.67 Å². The van der Waals surface area contributed by atoms with Crippen molar-refractivity contribution in [1.82, 2.24) is 9.97 Å². The molecule has 4 heteroatoms. The fourth-order valence-electron chi connectivity index (χ4n) is 1.21. The van der Waals surface area contributed by atoms with Crippen LogP contribution in [0.2, 0.25) is 0 Å². The molecule has 0 unspecified atom stereocenters. The van der Waals surface area contributed by atoms with Gasteiger partial charge in [0.2, 0.25) is 0 Å². The third kappa shape index (κ3) is 1.10. The lowest BCUT2D eigenvalue weighted by atomic mass is 10.2. The maximum atomic E-state index is 12.4. The Morgan fingerprint density at radius 2 is 2.42 bits per heavy atom. The number of fused-ring (bicyclic) bond motifs is 1. The van der Waals surface area contributed by atoms with Gasteiger partial charge in [0.1, 0.15) is 6.67 Å². The van der Waals surface area contributed by atoms with Gasteiger partial charge in [-0.15, -0.1) is 0 Å². The van der Waals surface area contributed by atoms with Gasteiger partial charge >= 0.3 is 0 Å². The molecule has 0 radical (unpaired) electrons. The second kappa shape index (κ2) is 3.01. The molecule has 62 valence electrons. The zero-order chi connectivity index (χ0) is 8.55. The van der Waals surface area contributed by atoms with E-state index in [2.05, 4.69) is 32.6 Å². The minimum Gasteiger partial charge on any atom is -0.360 e. The molecule has 0 saturated carbocycles. The smallest absolute Gasteiger partial charge is 0.132 e. The lowest BCUT2D eigenvalue weighted by Gasteiger charge is -1.95. The molecule has 2 rings (SSSR count). The number of nitrogens with one attached hydrogen (secondary N) is 1. The molecule has 2 heterocycles. The van der Waals surface area contributed by atoms with Gasteiger partial charge in [-0.3, -0.25) is 4.98 Å². The number of hydrogen-bond donors (Lipinski definition) is 1. The fourth-order valence-corrected chi connectivity index (χ4v) is 1.96. The van der Waals surface area contributed by atoms with Crippen LogP contribution in [0.1, 0.15) is 5.69 Å². The first kappa shape index (κ1) is 7.97. The number of pyridine rings is 1.